The number of carbonyl (C=O) groups is 1. The first-order valence-electron chi connectivity index (χ1n) is 9.26. The van der Waals surface area contributed by atoms with E-state index in [1.165, 1.54) is 19.3 Å². The van der Waals surface area contributed by atoms with Crippen LogP contribution in [0.15, 0.2) is 12.1 Å². The van der Waals surface area contributed by atoms with E-state index in [0.717, 1.165) is 48.7 Å². The fraction of sp³-hybridized carbons (Fsp3) is 0.650. The Labute approximate surface area is 150 Å². The summed E-state index contributed by atoms with van der Waals surface area (Å²) in [6.07, 6.45) is 4.64. The molecule has 0 spiro atoms. The van der Waals surface area contributed by atoms with Crippen molar-refractivity contribution in [2.75, 3.05) is 33.4 Å². The number of phenolic OH excluding ortho intramolecular Hbond substituents is 1. The largest absolute Gasteiger partial charge is 0.507 e. The number of phenols is 1. The number of nitrogens with one attached hydrogen (secondary N) is 1. The number of hydrogen-bond donors (Lipinski definition) is 2. The Balaban J connectivity index is 1.46. The summed E-state index contributed by atoms with van der Waals surface area (Å²) in [5.41, 5.74) is 3.10. The van der Waals surface area contributed by atoms with Crippen molar-refractivity contribution in [3.8, 4) is 5.75 Å². The van der Waals surface area contributed by atoms with Gasteiger partial charge in [-0.1, -0.05) is 18.6 Å². The number of rotatable bonds is 6. The van der Waals surface area contributed by atoms with E-state index in [2.05, 4.69) is 5.32 Å². The molecule has 1 heterocycles. The molecule has 2 fully saturated rings. The van der Waals surface area contributed by atoms with Gasteiger partial charge in [-0.15, -0.1) is 0 Å². The lowest BCUT2D eigenvalue weighted by Gasteiger charge is -2.56. The van der Waals surface area contributed by atoms with E-state index in [4.69, 9.17) is 4.74 Å². The third-order valence-electron chi connectivity index (χ3n) is 5.94. The Morgan fingerprint density at radius 2 is 1.96 bits per heavy atom. The van der Waals surface area contributed by atoms with Gasteiger partial charge in [0.05, 0.1) is 6.61 Å². The lowest BCUT2D eigenvalue weighted by atomic mass is 9.61. The number of amides is 2. The lowest BCUT2D eigenvalue weighted by Crippen LogP contribution is -2.66. The Morgan fingerprint density at radius 3 is 2.48 bits per heavy atom. The van der Waals surface area contributed by atoms with Gasteiger partial charge in [0, 0.05) is 32.2 Å². The highest BCUT2D eigenvalue weighted by molar-refractivity contribution is 5.75. The summed E-state index contributed by atoms with van der Waals surface area (Å²) in [5.74, 6) is 1.08. The number of carbonyl (C=O) groups excluding carboxylic acids is 1. The highest BCUT2D eigenvalue weighted by atomic mass is 16.5. The van der Waals surface area contributed by atoms with Crippen LogP contribution in [0.4, 0.5) is 4.79 Å². The number of aryl methyl sites for hydroxylation is 2. The molecule has 1 aromatic carbocycles. The zero-order valence-electron chi connectivity index (χ0n) is 15.6. The number of nitrogens with zero attached hydrogens (tertiary/aromatic N) is 1. The molecule has 0 unspecified atom stereocenters. The number of urea groups is 1. The first kappa shape index (κ1) is 18.1. The Hall–Kier alpha value is -1.75. The van der Waals surface area contributed by atoms with Crippen LogP contribution in [-0.2, 0) is 11.2 Å². The first-order chi connectivity index (χ1) is 11.9. The van der Waals surface area contributed by atoms with Gasteiger partial charge in [-0.05, 0) is 55.7 Å². The van der Waals surface area contributed by atoms with Crippen molar-refractivity contribution in [3.63, 3.8) is 0 Å². The van der Waals surface area contributed by atoms with Crippen LogP contribution in [0.1, 0.15) is 36.0 Å². The number of ether oxygens (including phenoxy) is 1. The number of aromatic hydroxyl groups is 1. The minimum Gasteiger partial charge on any atom is -0.507 e. The molecular weight excluding hydrogens is 316 g/mol. The van der Waals surface area contributed by atoms with E-state index in [1.807, 2.05) is 30.9 Å². The van der Waals surface area contributed by atoms with E-state index < -0.39 is 0 Å². The lowest BCUT2D eigenvalue weighted by molar-refractivity contribution is -0.0938. The molecule has 3 rings (SSSR count). The standard InChI is InChI=1S/C20H30N2O3/c1-14-9-16(10-15(2)18(14)23)7-8-21-19(24)22-11-20(12-22,13-25-3)17-5-4-6-17/h9-10,17,23H,4-8,11-13H2,1-3H3,(H,21,24). The molecule has 1 aliphatic heterocycles. The molecule has 2 N–H and O–H groups in total. The van der Waals surface area contributed by atoms with Crippen LogP contribution >= 0.6 is 0 Å². The number of likely N-dealkylation sites (tertiary alicyclic amines) is 1. The minimum atomic E-state index is 0.0262. The van der Waals surface area contributed by atoms with Crippen molar-refractivity contribution in [1.82, 2.24) is 10.2 Å². The molecule has 2 aliphatic rings. The first-order valence-corrected chi connectivity index (χ1v) is 9.26. The summed E-state index contributed by atoms with van der Waals surface area (Å²) in [5, 5.41) is 12.9. The van der Waals surface area contributed by atoms with Crippen LogP contribution in [0.2, 0.25) is 0 Å². The van der Waals surface area contributed by atoms with E-state index in [-0.39, 0.29) is 11.4 Å². The van der Waals surface area contributed by atoms with Gasteiger partial charge < -0.3 is 20.1 Å². The predicted octanol–water partition coefficient (Wildman–Crippen LogP) is 3.01. The van der Waals surface area contributed by atoms with Crippen molar-refractivity contribution < 1.29 is 14.6 Å². The quantitative estimate of drug-likeness (QED) is 0.832. The zero-order valence-corrected chi connectivity index (χ0v) is 15.6. The molecule has 1 aliphatic carbocycles. The number of hydrogen-bond acceptors (Lipinski definition) is 3. The van der Waals surface area contributed by atoms with Gasteiger partial charge in [-0.3, -0.25) is 0 Å². The number of benzene rings is 1. The fourth-order valence-electron chi connectivity index (χ4n) is 4.25. The van der Waals surface area contributed by atoms with Crippen molar-refractivity contribution >= 4 is 6.03 Å². The molecule has 0 radical (unpaired) electrons. The topological polar surface area (TPSA) is 61.8 Å². The van der Waals surface area contributed by atoms with Gasteiger partial charge in [0.2, 0.25) is 0 Å². The van der Waals surface area contributed by atoms with E-state index in [9.17, 15) is 9.90 Å². The molecule has 0 bridgehead atoms. The molecule has 138 valence electrons. The predicted molar refractivity (Wildman–Crippen MR) is 97.9 cm³/mol. The smallest absolute Gasteiger partial charge is 0.317 e. The van der Waals surface area contributed by atoms with Gasteiger partial charge in [0.1, 0.15) is 5.75 Å². The molecule has 1 saturated heterocycles. The summed E-state index contributed by atoms with van der Waals surface area (Å²) < 4.78 is 5.43. The molecule has 0 atom stereocenters. The highest BCUT2D eigenvalue weighted by Crippen LogP contribution is 2.48. The van der Waals surface area contributed by atoms with Gasteiger partial charge >= 0.3 is 6.03 Å². The van der Waals surface area contributed by atoms with Gasteiger partial charge in [-0.25, -0.2) is 4.79 Å². The summed E-state index contributed by atoms with van der Waals surface area (Å²) in [6, 6.07) is 4.00. The van der Waals surface area contributed by atoms with Crippen LogP contribution < -0.4 is 5.32 Å². The third-order valence-corrected chi connectivity index (χ3v) is 5.94. The Bertz CT molecular complexity index is 611. The third kappa shape index (κ3) is 3.61. The van der Waals surface area contributed by atoms with E-state index >= 15 is 0 Å². The maximum absolute atomic E-state index is 12.4. The normalized spacial score (nSPS) is 19.2. The number of methoxy groups -OCH3 is 1. The molecule has 1 saturated carbocycles. The average Bonchev–Trinajstić information content (AvgIpc) is 2.47. The maximum atomic E-state index is 12.4. The summed E-state index contributed by atoms with van der Waals surface area (Å²) >= 11 is 0. The van der Waals surface area contributed by atoms with Crippen molar-refractivity contribution in [2.45, 2.75) is 39.5 Å². The van der Waals surface area contributed by atoms with Crippen molar-refractivity contribution in [2.24, 2.45) is 11.3 Å². The van der Waals surface area contributed by atoms with Crippen LogP contribution in [0.5, 0.6) is 5.75 Å². The van der Waals surface area contributed by atoms with Crippen LogP contribution in [0, 0.1) is 25.2 Å². The molecule has 25 heavy (non-hydrogen) atoms. The second-order valence-corrected chi connectivity index (χ2v) is 7.84. The van der Waals surface area contributed by atoms with Gasteiger partial charge in [0.15, 0.2) is 0 Å². The molecule has 2 amide bonds. The molecular formula is C20H30N2O3. The van der Waals surface area contributed by atoms with Crippen LogP contribution in [0.3, 0.4) is 0 Å². The zero-order chi connectivity index (χ0) is 18.0. The van der Waals surface area contributed by atoms with Crippen molar-refractivity contribution in [1.29, 1.82) is 0 Å². The summed E-state index contributed by atoms with van der Waals surface area (Å²) in [7, 11) is 1.75. The summed E-state index contributed by atoms with van der Waals surface area (Å²) in [4.78, 5) is 14.3. The highest BCUT2D eigenvalue weighted by Gasteiger charge is 2.51. The van der Waals surface area contributed by atoms with Gasteiger partial charge in [-0.2, -0.15) is 0 Å². The molecule has 0 aromatic heterocycles. The SMILES string of the molecule is COCC1(C2CCC2)CN(C(=O)NCCc2cc(C)c(O)c(C)c2)C1. The maximum Gasteiger partial charge on any atom is 0.317 e. The Morgan fingerprint density at radius 1 is 1.32 bits per heavy atom. The van der Waals surface area contributed by atoms with Crippen LogP contribution in [-0.4, -0.2) is 49.4 Å². The fourth-order valence-corrected chi connectivity index (χ4v) is 4.25. The average molecular weight is 346 g/mol. The molecule has 1 aromatic rings. The minimum absolute atomic E-state index is 0.0262. The molecule has 5 heteroatoms. The second-order valence-electron chi connectivity index (χ2n) is 7.84. The summed E-state index contributed by atoms with van der Waals surface area (Å²) in [6.45, 7) is 6.80. The van der Waals surface area contributed by atoms with Crippen molar-refractivity contribution in [3.05, 3.63) is 28.8 Å². The van der Waals surface area contributed by atoms with Gasteiger partial charge in [0.25, 0.3) is 0 Å². The van der Waals surface area contributed by atoms with E-state index in [0.29, 0.717) is 12.3 Å². The van der Waals surface area contributed by atoms with Crippen LogP contribution in [0.25, 0.3) is 0 Å². The van der Waals surface area contributed by atoms with E-state index in [1.54, 1.807) is 7.11 Å². The molecule has 5 nitrogen and oxygen atoms in total. The Kier molecular flexibility index (Phi) is 5.23. The monoisotopic (exact) mass is 346 g/mol. The second kappa shape index (κ2) is 7.24.